The molecule has 0 radical (unpaired) electrons. The van der Waals surface area contributed by atoms with E-state index in [0.717, 1.165) is 31.3 Å². The zero-order chi connectivity index (χ0) is 23.3. The van der Waals surface area contributed by atoms with Crippen LogP contribution in [0.4, 0.5) is 0 Å². The van der Waals surface area contributed by atoms with E-state index < -0.39 is 21.7 Å². The Labute approximate surface area is 193 Å². The maximum absolute atomic E-state index is 13.3. The molecule has 1 aromatic heterocycles. The first-order valence-corrected chi connectivity index (χ1v) is 13.3. The Morgan fingerprint density at radius 2 is 2.09 bits per heavy atom. The summed E-state index contributed by atoms with van der Waals surface area (Å²) in [5, 5.41) is 24.1. The molecule has 0 aliphatic heterocycles. The fraction of sp³-hybridized carbons (Fsp3) is 0.478. The van der Waals surface area contributed by atoms with E-state index in [1.54, 1.807) is 11.6 Å². The number of benzene rings is 1. The fourth-order valence-electron chi connectivity index (χ4n) is 4.17. The van der Waals surface area contributed by atoms with E-state index in [1.165, 1.54) is 17.4 Å². The summed E-state index contributed by atoms with van der Waals surface area (Å²) in [6.07, 6.45) is 8.75. The number of aromatic hydroxyl groups is 2. The van der Waals surface area contributed by atoms with Crippen LogP contribution in [0.5, 0.6) is 11.5 Å². The van der Waals surface area contributed by atoms with Gasteiger partial charge >= 0.3 is 0 Å². The minimum Gasteiger partial charge on any atom is -0.507 e. The maximum Gasteiger partial charge on any atom is 0.268 e. The molecule has 3 rings (SSSR count). The molecule has 174 valence electrons. The third-order valence-corrected chi connectivity index (χ3v) is 7.92. The van der Waals surface area contributed by atoms with Crippen LogP contribution in [0.2, 0.25) is 0 Å². The molecule has 1 aliphatic carbocycles. The molecule has 0 saturated heterocycles. The SMILES string of the molecule is CCCCCc1cc(O)c(C2C=C(C)CCC2)c(O)c1S(=O)(=O)NC(=O)Cc1nccs1. The zero-order valence-corrected chi connectivity index (χ0v) is 20.1. The van der Waals surface area contributed by atoms with Gasteiger partial charge in [-0.1, -0.05) is 31.4 Å². The van der Waals surface area contributed by atoms with E-state index in [-0.39, 0.29) is 28.5 Å². The number of rotatable bonds is 9. The van der Waals surface area contributed by atoms with E-state index >= 15 is 0 Å². The molecule has 3 N–H and O–H groups in total. The number of aryl methyl sites for hydroxylation is 1. The number of nitrogens with one attached hydrogen (secondary N) is 1. The van der Waals surface area contributed by atoms with Crippen molar-refractivity contribution in [3.05, 3.63) is 45.4 Å². The van der Waals surface area contributed by atoms with Gasteiger partial charge < -0.3 is 10.2 Å². The van der Waals surface area contributed by atoms with Crippen LogP contribution in [0, 0.1) is 0 Å². The molecule has 7 nitrogen and oxygen atoms in total. The van der Waals surface area contributed by atoms with Crippen molar-refractivity contribution in [2.45, 2.75) is 76.0 Å². The van der Waals surface area contributed by atoms with E-state index in [9.17, 15) is 23.4 Å². The Hall–Kier alpha value is -2.39. The largest absolute Gasteiger partial charge is 0.507 e. The second-order valence-electron chi connectivity index (χ2n) is 8.25. The molecule has 0 saturated carbocycles. The number of hydrogen-bond donors (Lipinski definition) is 3. The summed E-state index contributed by atoms with van der Waals surface area (Å²) in [4.78, 5) is 16.1. The third-order valence-electron chi connectivity index (χ3n) is 5.65. The van der Waals surface area contributed by atoms with Crippen LogP contribution < -0.4 is 4.72 Å². The number of phenols is 2. The summed E-state index contributed by atoms with van der Waals surface area (Å²) in [5.74, 6) is -1.59. The lowest BCUT2D eigenvalue weighted by molar-refractivity contribution is -0.118. The van der Waals surface area contributed by atoms with Gasteiger partial charge in [0.25, 0.3) is 10.0 Å². The normalized spacial score (nSPS) is 16.6. The zero-order valence-electron chi connectivity index (χ0n) is 18.4. The average molecular weight is 479 g/mol. The number of sulfonamides is 1. The van der Waals surface area contributed by atoms with Crippen LogP contribution in [-0.4, -0.2) is 29.5 Å². The Morgan fingerprint density at radius 1 is 1.31 bits per heavy atom. The molecule has 1 heterocycles. The summed E-state index contributed by atoms with van der Waals surface area (Å²) >= 11 is 1.26. The van der Waals surface area contributed by atoms with Gasteiger partial charge in [-0.2, -0.15) is 0 Å². The Bertz CT molecular complexity index is 1090. The average Bonchev–Trinajstić information content (AvgIpc) is 3.20. The number of carbonyl (C=O) groups is 1. The molecule has 2 aromatic rings. The highest BCUT2D eigenvalue weighted by molar-refractivity contribution is 7.90. The number of phenolic OH excluding ortho intramolecular Hbond substituents is 2. The number of thiazole rings is 1. The standard InChI is InChI=1S/C23H30N2O5S2/c1-3-4-5-8-17-13-18(26)21(16-9-6-7-15(2)12-16)22(28)23(17)32(29,30)25-19(27)14-20-24-10-11-31-20/h10-13,16,26,28H,3-9,14H2,1-2H3,(H,25,27). The van der Waals surface area contributed by atoms with Crippen molar-refractivity contribution in [3.63, 3.8) is 0 Å². The van der Waals surface area contributed by atoms with Crippen LogP contribution in [0.25, 0.3) is 0 Å². The van der Waals surface area contributed by atoms with Gasteiger partial charge in [0.15, 0.2) is 0 Å². The lowest BCUT2D eigenvalue weighted by Gasteiger charge is -2.24. The van der Waals surface area contributed by atoms with Gasteiger partial charge in [-0.05, 0) is 50.7 Å². The summed E-state index contributed by atoms with van der Waals surface area (Å²) in [5.41, 5.74) is 1.65. The molecule has 1 atom stereocenters. The molecular weight excluding hydrogens is 448 g/mol. The van der Waals surface area contributed by atoms with Gasteiger partial charge in [0, 0.05) is 23.1 Å². The first-order valence-electron chi connectivity index (χ1n) is 10.9. The molecule has 0 fully saturated rings. The number of hydrogen-bond acceptors (Lipinski definition) is 7. The van der Waals surface area contributed by atoms with Crippen molar-refractivity contribution in [1.29, 1.82) is 0 Å². The van der Waals surface area contributed by atoms with Crippen LogP contribution in [0.15, 0.2) is 34.2 Å². The molecule has 0 bridgehead atoms. The smallest absolute Gasteiger partial charge is 0.268 e. The monoisotopic (exact) mass is 478 g/mol. The molecule has 0 spiro atoms. The van der Waals surface area contributed by atoms with E-state index in [4.69, 9.17) is 0 Å². The summed E-state index contributed by atoms with van der Waals surface area (Å²) in [6, 6.07) is 1.43. The van der Waals surface area contributed by atoms with Crippen molar-refractivity contribution in [3.8, 4) is 11.5 Å². The van der Waals surface area contributed by atoms with E-state index in [1.807, 2.05) is 19.9 Å². The first kappa shape index (κ1) is 24.3. The van der Waals surface area contributed by atoms with Crippen LogP contribution in [-0.2, 0) is 27.7 Å². The highest BCUT2D eigenvalue weighted by atomic mass is 32.2. The maximum atomic E-state index is 13.3. The van der Waals surface area contributed by atoms with Gasteiger partial charge in [0.05, 0.1) is 6.42 Å². The molecule has 1 aromatic carbocycles. The highest BCUT2D eigenvalue weighted by Gasteiger charge is 2.31. The Kier molecular flexibility index (Phi) is 7.95. The fourth-order valence-corrected chi connectivity index (χ4v) is 6.13. The molecule has 9 heteroatoms. The third kappa shape index (κ3) is 5.69. The van der Waals surface area contributed by atoms with Gasteiger partial charge in [-0.3, -0.25) is 4.79 Å². The molecular formula is C23H30N2O5S2. The van der Waals surface area contributed by atoms with Crippen LogP contribution in [0.1, 0.15) is 74.4 Å². The number of unbranched alkanes of at least 4 members (excludes halogenated alkanes) is 2. The van der Waals surface area contributed by atoms with Crippen LogP contribution >= 0.6 is 11.3 Å². The topological polar surface area (TPSA) is 117 Å². The van der Waals surface area contributed by atoms with Crippen molar-refractivity contribution in [1.82, 2.24) is 9.71 Å². The van der Waals surface area contributed by atoms with E-state index in [2.05, 4.69) is 9.71 Å². The van der Waals surface area contributed by atoms with Crippen molar-refractivity contribution in [2.75, 3.05) is 0 Å². The van der Waals surface area contributed by atoms with Gasteiger partial charge in [-0.15, -0.1) is 11.3 Å². The molecule has 1 aliphatic rings. The number of allylic oxidation sites excluding steroid dienone is 2. The summed E-state index contributed by atoms with van der Waals surface area (Å²) in [6.45, 7) is 4.02. The molecule has 1 unspecified atom stereocenters. The van der Waals surface area contributed by atoms with E-state index in [0.29, 0.717) is 29.8 Å². The van der Waals surface area contributed by atoms with Crippen molar-refractivity contribution in [2.24, 2.45) is 0 Å². The number of carbonyl (C=O) groups excluding carboxylic acids is 1. The predicted molar refractivity (Wildman–Crippen MR) is 124 cm³/mol. The summed E-state index contributed by atoms with van der Waals surface area (Å²) in [7, 11) is -4.36. The van der Waals surface area contributed by atoms with Gasteiger partial charge in [0.2, 0.25) is 5.91 Å². The minimum atomic E-state index is -4.36. The van der Waals surface area contributed by atoms with Gasteiger partial charge in [0.1, 0.15) is 21.4 Å². The number of nitrogens with zero attached hydrogens (tertiary/aromatic N) is 1. The van der Waals surface area contributed by atoms with Crippen LogP contribution in [0.3, 0.4) is 0 Å². The summed E-state index contributed by atoms with van der Waals surface area (Å²) < 4.78 is 28.6. The highest BCUT2D eigenvalue weighted by Crippen LogP contribution is 2.45. The number of amides is 1. The first-order chi connectivity index (χ1) is 15.2. The number of aromatic nitrogens is 1. The van der Waals surface area contributed by atoms with Crippen molar-refractivity contribution >= 4 is 27.3 Å². The quantitative estimate of drug-likeness (QED) is 0.360. The molecule has 1 amide bonds. The predicted octanol–water partition coefficient (Wildman–Crippen LogP) is 4.55. The Morgan fingerprint density at radius 3 is 2.75 bits per heavy atom. The lowest BCUT2D eigenvalue weighted by atomic mass is 9.84. The second-order valence-corrected chi connectivity index (χ2v) is 10.8. The Balaban J connectivity index is 2.02. The lowest BCUT2D eigenvalue weighted by Crippen LogP contribution is -2.32. The minimum absolute atomic E-state index is 0.113. The second kappa shape index (κ2) is 10.5. The van der Waals surface area contributed by atoms with Crippen molar-refractivity contribution < 1.29 is 23.4 Å². The molecule has 32 heavy (non-hydrogen) atoms. The van der Waals surface area contributed by atoms with Gasteiger partial charge in [-0.25, -0.2) is 18.1 Å².